The molecule has 14 heavy (non-hydrogen) atoms. The molecule has 1 aliphatic heterocycles. The summed E-state index contributed by atoms with van der Waals surface area (Å²) in [5.74, 6) is 0.320. The van der Waals surface area contributed by atoms with Crippen LogP contribution in [0.15, 0.2) is 5.16 Å². The van der Waals surface area contributed by atoms with Crippen LogP contribution in [0.3, 0.4) is 0 Å². The monoisotopic (exact) mass is 199 g/mol. The van der Waals surface area contributed by atoms with E-state index >= 15 is 0 Å². The van der Waals surface area contributed by atoms with Crippen LogP contribution in [0.5, 0.6) is 0 Å². The zero-order chi connectivity index (χ0) is 10.8. The molecule has 0 radical (unpaired) electrons. The molecule has 0 aromatic carbocycles. The van der Waals surface area contributed by atoms with Gasteiger partial charge in [-0.3, -0.25) is 4.90 Å². The highest BCUT2D eigenvalue weighted by atomic mass is 16.4. The van der Waals surface area contributed by atoms with Crippen molar-refractivity contribution in [1.82, 2.24) is 4.90 Å². The first-order valence-corrected chi connectivity index (χ1v) is 5.20. The zero-order valence-corrected chi connectivity index (χ0v) is 9.32. The number of hydrogen-bond acceptors (Lipinski definition) is 3. The summed E-state index contributed by atoms with van der Waals surface area (Å²) in [6.07, 6.45) is 3.11. The number of likely N-dealkylation sites (tertiary alicyclic amines) is 1. The zero-order valence-electron chi connectivity index (χ0n) is 9.32. The summed E-state index contributed by atoms with van der Waals surface area (Å²) < 4.78 is 0. The first-order chi connectivity index (χ1) is 6.47. The Bertz CT molecular complexity index is 225. The van der Waals surface area contributed by atoms with Crippen LogP contribution in [-0.2, 0) is 0 Å². The van der Waals surface area contributed by atoms with Crippen molar-refractivity contribution in [2.45, 2.75) is 51.6 Å². The highest BCUT2D eigenvalue weighted by molar-refractivity contribution is 5.80. The Balaban J connectivity index is 2.56. The predicted octanol–water partition coefficient (Wildman–Crippen LogP) is 1.39. The van der Waals surface area contributed by atoms with Crippen molar-refractivity contribution in [1.29, 1.82) is 0 Å². The van der Waals surface area contributed by atoms with Gasteiger partial charge in [-0.15, -0.1) is 0 Å². The van der Waals surface area contributed by atoms with Gasteiger partial charge in [0.15, 0.2) is 0 Å². The molecule has 1 saturated heterocycles. The van der Waals surface area contributed by atoms with Gasteiger partial charge in [0.25, 0.3) is 0 Å². The Hall–Kier alpha value is -0.770. The third kappa shape index (κ3) is 2.38. The molecule has 0 aliphatic carbocycles. The van der Waals surface area contributed by atoms with Crippen molar-refractivity contribution in [3.63, 3.8) is 0 Å². The lowest BCUT2D eigenvalue weighted by atomic mass is 10.00. The molecule has 1 heterocycles. The second-order valence-corrected chi connectivity index (χ2v) is 4.75. The van der Waals surface area contributed by atoms with Gasteiger partial charge in [-0.2, -0.15) is 0 Å². The molecule has 0 aromatic rings. The van der Waals surface area contributed by atoms with Gasteiger partial charge in [-0.25, -0.2) is 0 Å². The topological polar surface area (TPSA) is 61.9 Å². The Labute approximate surface area is 85.8 Å². The third-order valence-corrected chi connectivity index (χ3v) is 3.13. The van der Waals surface area contributed by atoms with Gasteiger partial charge in [0, 0.05) is 18.0 Å². The van der Waals surface area contributed by atoms with Crippen molar-refractivity contribution in [3.8, 4) is 0 Å². The molecule has 0 aromatic heterocycles. The first-order valence-electron chi connectivity index (χ1n) is 5.20. The highest BCUT2D eigenvalue weighted by Gasteiger charge is 2.34. The molecule has 0 amide bonds. The van der Waals surface area contributed by atoms with E-state index in [4.69, 9.17) is 10.9 Å². The van der Waals surface area contributed by atoms with Crippen molar-refractivity contribution in [2.24, 2.45) is 10.9 Å². The Morgan fingerprint density at radius 1 is 1.64 bits per heavy atom. The average Bonchev–Trinajstić information content (AvgIpc) is 2.45. The highest BCUT2D eigenvalue weighted by Crippen LogP contribution is 2.30. The molecule has 1 fully saturated rings. The minimum atomic E-state index is 0.259. The predicted molar refractivity (Wildman–Crippen MR) is 57.5 cm³/mol. The minimum Gasteiger partial charge on any atom is -0.409 e. The normalized spacial score (nSPS) is 25.2. The molecule has 1 atom stereocenters. The van der Waals surface area contributed by atoms with E-state index in [0.717, 1.165) is 6.54 Å². The van der Waals surface area contributed by atoms with Crippen LogP contribution in [-0.4, -0.2) is 34.1 Å². The standard InChI is InChI=1S/C10H21N3O/c1-8(7-9(11)12-14)13-6-4-5-10(13,2)3/h8,14H,4-7H2,1-3H3,(H2,11,12). The van der Waals surface area contributed by atoms with E-state index in [1.165, 1.54) is 12.8 Å². The summed E-state index contributed by atoms with van der Waals surface area (Å²) in [5.41, 5.74) is 5.76. The van der Waals surface area contributed by atoms with E-state index in [-0.39, 0.29) is 5.54 Å². The fourth-order valence-corrected chi connectivity index (χ4v) is 2.40. The van der Waals surface area contributed by atoms with Crippen LogP contribution in [0.1, 0.15) is 40.0 Å². The minimum absolute atomic E-state index is 0.259. The van der Waals surface area contributed by atoms with Gasteiger partial charge in [0.2, 0.25) is 0 Å². The van der Waals surface area contributed by atoms with E-state index in [1.54, 1.807) is 0 Å². The van der Waals surface area contributed by atoms with E-state index in [2.05, 4.69) is 30.8 Å². The van der Waals surface area contributed by atoms with Crippen LogP contribution in [0.4, 0.5) is 0 Å². The van der Waals surface area contributed by atoms with Crippen LogP contribution >= 0.6 is 0 Å². The van der Waals surface area contributed by atoms with E-state index < -0.39 is 0 Å². The van der Waals surface area contributed by atoms with Gasteiger partial charge >= 0.3 is 0 Å². The van der Waals surface area contributed by atoms with Crippen molar-refractivity contribution < 1.29 is 5.21 Å². The number of amidine groups is 1. The molecule has 4 heteroatoms. The molecule has 82 valence electrons. The van der Waals surface area contributed by atoms with Gasteiger partial charge in [-0.1, -0.05) is 5.16 Å². The number of nitrogens with zero attached hydrogens (tertiary/aromatic N) is 2. The molecule has 1 rings (SSSR count). The summed E-state index contributed by atoms with van der Waals surface area (Å²) in [5, 5.41) is 11.5. The van der Waals surface area contributed by atoms with Crippen molar-refractivity contribution in [2.75, 3.05) is 6.54 Å². The summed E-state index contributed by atoms with van der Waals surface area (Å²) in [6, 6.07) is 0.350. The maximum Gasteiger partial charge on any atom is 0.140 e. The van der Waals surface area contributed by atoms with E-state index in [1.807, 2.05) is 0 Å². The van der Waals surface area contributed by atoms with Gasteiger partial charge < -0.3 is 10.9 Å². The Kier molecular flexibility index (Phi) is 3.37. The average molecular weight is 199 g/mol. The number of rotatable bonds is 3. The Morgan fingerprint density at radius 2 is 2.29 bits per heavy atom. The number of nitrogens with two attached hydrogens (primary N) is 1. The molecule has 0 spiro atoms. The van der Waals surface area contributed by atoms with Crippen LogP contribution in [0.2, 0.25) is 0 Å². The molecule has 0 bridgehead atoms. The lowest BCUT2D eigenvalue weighted by molar-refractivity contribution is 0.128. The third-order valence-electron chi connectivity index (χ3n) is 3.13. The maximum atomic E-state index is 8.50. The molecule has 3 N–H and O–H groups in total. The van der Waals surface area contributed by atoms with E-state index in [0.29, 0.717) is 18.3 Å². The van der Waals surface area contributed by atoms with Crippen molar-refractivity contribution in [3.05, 3.63) is 0 Å². The number of hydrogen-bond donors (Lipinski definition) is 2. The molecule has 4 nitrogen and oxygen atoms in total. The van der Waals surface area contributed by atoms with Gasteiger partial charge in [-0.05, 0) is 40.2 Å². The number of oxime groups is 1. The van der Waals surface area contributed by atoms with Crippen LogP contribution in [0, 0.1) is 0 Å². The fraction of sp³-hybridized carbons (Fsp3) is 0.900. The Morgan fingerprint density at radius 3 is 2.71 bits per heavy atom. The van der Waals surface area contributed by atoms with Gasteiger partial charge in [0.05, 0.1) is 0 Å². The SMILES string of the molecule is CC(CC(N)=NO)N1CCCC1(C)C. The quantitative estimate of drug-likeness (QED) is 0.312. The van der Waals surface area contributed by atoms with Crippen LogP contribution in [0.25, 0.3) is 0 Å². The first kappa shape index (κ1) is 11.3. The molecule has 0 saturated carbocycles. The smallest absolute Gasteiger partial charge is 0.140 e. The summed E-state index contributed by atoms with van der Waals surface area (Å²) in [7, 11) is 0. The second kappa shape index (κ2) is 4.17. The fourth-order valence-electron chi connectivity index (χ4n) is 2.40. The van der Waals surface area contributed by atoms with E-state index in [9.17, 15) is 0 Å². The summed E-state index contributed by atoms with van der Waals surface area (Å²) >= 11 is 0. The summed E-state index contributed by atoms with van der Waals surface area (Å²) in [6.45, 7) is 7.75. The maximum absolute atomic E-state index is 8.50. The van der Waals surface area contributed by atoms with Crippen LogP contribution < -0.4 is 5.73 Å². The molecule has 1 unspecified atom stereocenters. The molecular weight excluding hydrogens is 178 g/mol. The van der Waals surface area contributed by atoms with Gasteiger partial charge in [0.1, 0.15) is 5.84 Å². The molecular formula is C10H21N3O. The van der Waals surface area contributed by atoms with Crippen molar-refractivity contribution >= 4 is 5.84 Å². The second-order valence-electron chi connectivity index (χ2n) is 4.75. The lowest BCUT2D eigenvalue weighted by Gasteiger charge is -2.36. The largest absolute Gasteiger partial charge is 0.409 e. The summed E-state index contributed by atoms with van der Waals surface area (Å²) in [4.78, 5) is 2.44. The lowest BCUT2D eigenvalue weighted by Crippen LogP contribution is -2.45. The molecule has 1 aliphatic rings.